The Labute approximate surface area is 207 Å². The molecule has 1 fully saturated rings. The summed E-state index contributed by atoms with van der Waals surface area (Å²) in [5.74, 6) is 1.18. The summed E-state index contributed by atoms with van der Waals surface area (Å²) >= 11 is 0. The maximum absolute atomic E-state index is 12.8. The highest BCUT2D eigenvalue weighted by atomic mass is 19.4. The van der Waals surface area contributed by atoms with Crippen LogP contribution in [0.25, 0.3) is 11.4 Å². The number of rotatable bonds is 6. The normalized spacial score (nSPS) is 20.3. The highest BCUT2D eigenvalue weighted by Gasteiger charge is 2.33. The lowest BCUT2D eigenvalue weighted by Crippen LogP contribution is -2.40. The minimum absolute atomic E-state index is 0.0444. The van der Waals surface area contributed by atoms with Crippen LogP contribution in [0.2, 0.25) is 0 Å². The van der Waals surface area contributed by atoms with Crippen LogP contribution in [-0.4, -0.2) is 51.4 Å². The number of hydrogen-bond acceptors (Lipinski definition) is 5. The van der Waals surface area contributed by atoms with Gasteiger partial charge in [0.2, 0.25) is 5.95 Å². The molecule has 1 amide bonds. The zero-order valence-corrected chi connectivity index (χ0v) is 20.3. The van der Waals surface area contributed by atoms with Crippen molar-refractivity contribution < 1.29 is 18.0 Å². The molecule has 0 aliphatic carbocycles. The number of hydrogen-bond donors (Lipinski definition) is 2. The van der Waals surface area contributed by atoms with Crippen LogP contribution in [0.4, 0.5) is 24.8 Å². The van der Waals surface area contributed by atoms with Gasteiger partial charge in [0.05, 0.1) is 12.6 Å². The number of fused-ring (bicyclic) bond motifs is 1. The number of carbonyl (C=O) groups excluding carboxylic acids is 1. The quantitative estimate of drug-likeness (QED) is 0.485. The monoisotopic (exact) mass is 498 g/mol. The molecule has 0 radical (unpaired) electrons. The number of likely N-dealkylation sites (tertiary alicyclic amines) is 1. The molecule has 1 aromatic heterocycles. The van der Waals surface area contributed by atoms with Crippen molar-refractivity contribution in [1.29, 1.82) is 0 Å². The highest BCUT2D eigenvalue weighted by molar-refractivity contribution is 5.99. The van der Waals surface area contributed by atoms with E-state index in [4.69, 9.17) is 4.98 Å². The molecule has 5 rings (SSSR count). The van der Waals surface area contributed by atoms with Crippen LogP contribution in [0.3, 0.4) is 0 Å². The molecule has 1 saturated heterocycles. The molecule has 2 aromatic carbocycles. The van der Waals surface area contributed by atoms with Crippen molar-refractivity contribution in [3.8, 4) is 11.4 Å². The van der Waals surface area contributed by atoms with E-state index in [1.165, 1.54) is 4.90 Å². The Balaban J connectivity index is 1.31. The van der Waals surface area contributed by atoms with Gasteiger partial charge < -0.3 is 10.6 Å². The Morgan fingerprint density at radius 2 is 1.94 bits per heavy atom. The molecular weight excluding hydrogens is 469 g/mol. The Kier molecular flexibility index (Phi) is 6.46. The van der Waals surface area contributed by atoms with Gasteiger partial charge in [0.25, 0.3) is 5.91 Å². The fraction of sp³-hybridized carbons (Fsp3) is 0.423. The van der Waals surface area contributed by atoms with Crippen LogP contribution in [0, 0.1) is 0 Å². The first kappa shape index (κ1) is 24.3. The Hall–Kier alpha value is -3.40. The number of nitrogens with one attached hydrogen (secondary N) is 2. The van der Waals surface area contributed by atoms with Gasteiger partial charge in [-0.25, -0.2) is 4.68 Å². The number of amides is 1. The minimum Gasteiger partial charge on any atom is -0.345 e. The topological polar surface area (TPSA) is 75.1 Å². The average Bonchev–Trinajstić information content (AvgIpc) is 3.38. The fourth-order valence-electron chi connectivity index (χ4n) is 5.09. The largest absolute Gasteiger partial charge is 0.401 e. The number of aromatic nitrogens is 3. The zero-order chi connectivity index (χ0) is 25.4. The lowest BCUT2D eigenvalue weighted by Gasteiger charge is -2.33. The molecule has 2 aliphatic rings. The molecule has 0 bridgehead atoms. The van der Waals surface area contributed by atoms with Gasteiger partial charge in [-0.2, -0.15) is 18.2 Å². The molecule has 2 atom stereocenters. The highest BCUT2D eigenvalue weighted by Crippen LogP contribution is 2.32. The summed E-state index contributed by atoms with van der Waals surface area (Å²) in [6.07, 6.45) is -2.54. The Morgan fingerprint density at radius 3 is 2.67 bits per heavy atom. The lowest BCUT2D eigenvalue weighted by atomic mass is 9.90. The molecule has 190 valence electrons. The molecule has 0 spiro atoms. The van der Waals surface area contributed by atoms with E-state index in [9.17, 15) is 18.0 Å². The molecule has 2 unspecified atom stereocenters. The third kappa shape index (κ3) is 5.09. The zero-order valence-electron chi connectivity index (χ0n) is 20.3. The molecular formula is C26H29F3N6O. The molecule has 3 aromatic rings. The van der Waals surface area contributed by atoms with Crippen molar-refractivity contribution in [2.75, 3.05) is 25.0 Å². The van der Waals surface area contributed by atoms with Gasteiger partial charge in [-0.1, -0.05) is 24.3 Å². The van der Waals surface area contributed by atoms with Crippen LogP contribution in [0.15, 0.2) is 42.5 Å². The number of piperidine rings is 1. The van der Waals surface area contributed by atoms with E-state index in [2.05, 4.69) is 15.7 Å². The lowest BCUT2D eigenvalue weighted by molar-refractivity contribution is -0.148. The van der Waals surface area contributed by atoms with Gasteiger partial charge in [0, 0.05) is 29.9 Å². The molecule has 7 nitrogen and oxygen atoms in total. The first-order valence-corrected chi connectivity index (χ1v) is 12.3. The second-order valence-corrected chi connectivity index (χ2v) is 9.51. The summed E-state index contributed by atoms with van der Waals surface area (Å²) in [6.45, 7) is 4.59. The summed E-state index contributed by atoms with van der Waals surface area (Å²) in [5.41, 5.74) is 4.33. The van der Waals surface area contributed by atoms with E-state index in [1.54, 1.807) is 4.68 Å². The minimum atomic E-state index is -4.17. The van der Waals surface area contributed by atoms with Crippen molar-refractivity contribution in [3.63, 3.8) is 0 Å². The maximum Gasteiger partial charge on any atom is 0.401 e. The smallest absolute Gasteiger partial charge is 0.345 e. The summed E-state index contributed by atoms with van der Waals surface area (Å²) in [7, 11) is 0. The summed E-state index contributed by atoms with van der Waals surface area (Å²) in [6, 6.07) is 13.4. The number of halogens is 3. The Morgan fingerprint density at radius 1 is 1.17 bits per heavy atom. The fourth-order valence-corrected chi connectivity index (χ4v) is 5.09. The van der Waals surface area contributed by atoms with Crippen molar-refractivity contribution in [1.82, 2.24) is 25.0 Å². The molecule has 3 heterocycles. The second-order valence-electron chi connectivity index (χ2n) is 9.51. The number of aryl methyl sites for hydroxylation is 1. The van der Waals surface area contributed by atoms with Crippen molar-refractivity contribution in [2.24, 2.45) is 0 Å². The average molecular weight is 499 g/mol. The predicted octanol–water partition coefficient (Wildman–Crippen LogP) is 5.25. The van der Waals surface area contributed by atoms with E-state index in [-0.39, 0.29) is 17.9 Å². The SMILES string of the molecule is CCn1nc(-c2ccc(C3CCCN(CC(F)(F)F)C3)cc2)nc1Nc1ccc2c(c1)C(C)NC2=O. The Bertz CT molecular complexity index is 1250. The van der Waals surface area contributed by atoms with Crippen molar-refractivity contribution in [3.05, 3.63) is 59.2 Å². The molecule has 36 heavy (non-hydrogen) atoms. The standard InChI is InChI=1S/C26H29F3N6O/c1-3-35-25(31-20-10-11-21-22(13-20)16(2)30-24(21)36)32-23(33-35)18-8-6-17(7-9-18)19-5-4-12-34(14-19)15-26(27,28)29/h6-11,13,16,19H,3-5,12,14-15H2,1-2H3,(H,30,36)(H,31,32,33). The summed E-state index contributed by atoms with van der Waals surface area (Å²) < 4.78 is 40.2. The number of alkyl halides is 3. The third-order valence-electron chi connectivity index (χ3n) is 6.89. The number of benzene rings is 2. The number of nitrogens with zero attached hydrogens (tertiary/aromatic N) is 4. The number of anilines is 2. The summed E-state index contributed by atoms with van der Waals surface area (Å²) in [5, 5.41) is 10.9. The van der Waals surface area contributed by atoms with Crippen LogP contribution < -0.4 is 10.6 Å². The molecule has 10 heteroatoms. The molecule has 0 saturated carbocycles. The van der Waals surface area contributed by atoms with Crippen LogP contribution in [-0.2, 0) is 6.54 Å². The van der Waals surface area contributed by atoms with E-state index in [1.807, 2.05) is 56.3 Å². The van der Waals surface area contributed by atoms with Crippen LogP contribution >= 0.6 is 0 Å². The van der Waals surface area contributed by atoms with E-state index in [0.29, 0.717) is 37.0 Å². The van der Waals surface area contributed by atoms with Gasteiger partial charge in [-0.05, 0) is 68.5 Å². The van der Waals surface area contributed by atoms with Crippen molar-refractivity contribution in [2.45, 2.75) is 51.4 Å². The van der Waals surface area contributed by atoms with Crippen molar-refractivity contribution >= 4 is 17.5 Å². The van der Waals surface area contributed by atoms with Gasteiger partial charge >= 0.3 is 6.18 Å². The van der Waals surface area contributed by atoms with E-state index < -0.39 is 12.7 Å². The van der Waals surface area contributed by atoms with Gasteiger partial charge in [0.15, 0.2) is 5.82 Å². The first-order chi connectivity index (χ1) is 17.2. The van der Waals surface area contributed by atoms with Crippen LogP contribution in [0.1, 0.15) is 60.1 Å². The van der Waals surface area contributed by atoms with Gasteiger partial charge in [-0.3, -0.25) is 9.69 Å². The maximum atomic E-state index is 12.8. The van der Waals surface area contributed by atoms with Crippen LogP contribution in [0.5, 0.6) is 0 Å². The number of carbonyl (C=O) groups is 1. The van der Waals surface area contributed by atoms with E-state index in [0.717, 1.165) is 35.2 Å². The second kappa shape index (κ2) is 9.57. The van der Waals surface area contributed by atoms with Gasteiger partial charge in [-0.15, -0.1) is 5.10 Å². The van der Waals surface area contributed by atoms with Gasteiger partial charge in [0.1, 0.15) is 0 Å². The predicted molar refractivity (Wildman–Crippen MR) is 131 cm³/mol. The third-order valence-corrected chi connectivity index (χ3v) is 6.89. The van der Waals surface area contributed by atoms with E-state index >= 15 is 0 Å². The molecule has 2 N–H and O–H groups in total. The molecule has 2 aliphatic heterocycles. The first-order valence-electron chi connectivity index (χ1n) is 12.3. The summed E-state index contributed by atoms with van der Waals surface area (Å²) in [4.78, 5) is 18.2.